The first-order valence-electron chi connectivity index (χ1n) is 9.93. The van der Waals surface area contributed by atoms with E-state index in [0.717, 1.165) is 17.0 Å². The third kappa shape index (κ3) is 6.24. The van der Waals surface area contributed by atoms with E-state index in [4.69, 9.17) is 24.8 Å². The topological polar surface area (TPSA) is 145 Å². The van der Waals surface area contributed by atoms with Crippen LogP contribution in [0.15, 0.2) is 77.6 Å². The van der Waals surface area contributed by atoms with Crippen molar-refractivity contribution in [3.05, 3.63) is 90.0 Å². The molecule has 4 N–H and O–H groups in total. The third-order valence-corrected chi connectivity index (χ3v) is 5.18. The van der Waals surface area contributed by atoms with Gasteiger partial charge in [0.2, 0.25) is 6.73 Å². The van der Waals surface area contributed by atoms with Gasteiger partial charge in [0.05, 0.1) is 17.6 Å². The van der Waals surface area contributed by atoms with Crippen LogP contribution in [0.4, 0.5) is 5.82 Å². The number of pyridine rings is 2. The van der Waals surface area contributed by atoms with E-state index in [1.54, 1.807) is 30.6 Å². The number of nitrogens with zero attached hydrogens (tertiary/aromatic N) is 3. The summed E-state index contributed by atoms with van der Waals surface area (Å²) >= 11 is 0. The van der Waals surface area contributed by atoms with Crippen LogP contribution in [0.25, 0.3) is 11.3 Å². The maximum Gasteiger partial charge on any atom is 0.472 e. The van der Waals surface area contributed by atoms with E-state index in [1.165, 1.54) is 4.57 Å². The summed E-state index contributed by atoms with van der Waals surface area (Å²) in [5, 5.41) is 4.11. The summed E-state index contributed by atoms with van der Waals surface area (Å²) in [5.41, 5.74) is 9.22. The lowest BCUT2D eigenvalue weighted by molar-refractivity contribution is -0.711. The Balaban J connectivity index is 1.40. The van der Waals surface area contributed by atoms with E-state index >= 15 is 0 Å². The Hall–Kier alpha value is -3.56. The molecule has 0 atom stereocenters. The zero-order chi connectivity index (χ0) is 23.3. The number of nitrogen functional groups attached to an aromatic ring is 1. The maximum atomic E-state index is 10.9. The molecule has 4 rings (SSSR count). The van der Waals surface area contributed by atoms with Crippen LogP contribution in [0.3, 0.4) is 0 Å². The number of hydrogen-bond donors (Lipinski definition) is 3. The first-order valence-corrected chi connectivity index (χ1v) is 11.5. The fourth-order valence-electron chi connectivity index (χ4n) is 3.10. The second-order valence-electron chi connectivity index (χ2n) is 7.14. The quantitative estimate of drug-likeness (QED) is 0.249. The largest absolute Gasteiger partial charge is 0.487 e. The van der Waals surface area contributed by atoms with E-state index in [1.807, 2.05) is 42.5 Å². The fraction of sp³-hybridized carbons (Fsp3) is 0.136. The molecule has 11 heteroatoms. The second-order valence-corrected chi connectivity index (χ2v) is 8.38. The smallest absolute Gasteiger partial charge is 0.472 e. The molecule has 4 aromatic rings. The number of anilines is 1. The zero-order valence-electron chi connectivity index (χ0n) is 17.4. The number of aromatic nitrogens is 3. The molecule has 0 amide bonds. The predicted molar refractivity (Wildman–Crippen MR) is 117 cm³/mol. The molecule has 0 fully saturated rings. The molecule has 0 aliphatic carbocycles. The zero-order valence-corrected chi connectivity index (χ0v) is 18.3. The highest BCUT2D eigenvalue weighted by Crippen LogP contribution is 2.35. The van der Waals surface area contributed by atoms with Crippen LogP contribution in [-0.4, -0.2) is 19.9 Å². The van der Waals surface area contributed by atoms with Crippen molar-refractivity contribution in [2.45, 2.75) is 19.8 Å². The van der Waals surface area contributed by atoms with Crippen molar-refractivity contribution in [2.75, 3.05) is 5.73 Å². The van der Waals surface area contributed by atoms with Crippen LogP contribution in [0, 0.1) is 0 Å². The molecule has 0 aliphatic heterocycles. The minimum absolute atomic E-state index is 0.225. The normalized spacial score (nSPS) is 11.5. The van der Waals surface area contributed by atoms with Gasteiger partial charge in [-0.2, -0.15) is 0 Å². The van der Waals surface area contributed by atoms with Crippen molar-refractivity contribution >= 4 is 13.6 Å². The van der Waals surface area contributed by atoms with Crippen molar-refractivity contribution in [1.82, 2.24) is 10.1 Å². The van der Waals surface area contributed by atoms with Gasteiger partial charge in [-0.3, -0.25) is 10.7 Å². The first kappa shape index (κ1) is 22.6. The minimum Gasteiger partial charge on any atom is -0.487 e. The molecule has 3 heterocycles. The summed E-state index contributed by atoms with van der Waals surface area (Å²) < 4.78 is 28.0. The van der Waals surface area contributed by atoms with Crippen LogP contribution in [0.1, 0.15) is 17.0 Å². The average Bonchev–Trinajstić information content (AvgIpc) is 3.26. The molecule has 33 heavy (non-hydrogen) atoms. The summed E-state index contributed by atoms with van der Waals surface area (Å²) in [4.78, 5) is 22.0. The van der Waals surface area contributed by atoms with Crippen molar-refractivity contribution in [3.63, 3.8) is 0 Å². The van der Waals surface area contributed by atoms with Crippen molar-refractivity contribution in [1.29, 1.82) is 0 Å². The van der Waals surface area contributed by atoms with Crippen LogP contribution < -0.4 is 15.0 Å². The second kappa shape index (κ2) is 9.93. The Morgan fingerprint density at radius 3 is 2.61 bits per heavy atom. The van der Waals surface area contributed by atoms with Gasteiger partial charge in [-0.1, -0.05) is 23.4 Å². The SMILES string of the molecule is Nc1c(-c2cc(Cc3ccc(OCc4ccccn4)cc3)no2)ccc[n+]1COP(=O)(O)O. The minimum atomic E-state index is -4.62. The number of hydrogen-bond acceptors (Lipinski definition) is 7. The van der Waals surface area contributed by atoms with Gasteiger partial charge in [0.25, 0.3) is 5.82 Å². The summed E-state index contributed by atoms with van der Waals surface area (Å²) in [5.74, 6) is 1.40. The molecule has 170 valence electrons. The van der Waals surface area contributed by atoms with Gasteiger partial charge in [-0.05, 0) is 42.0 Å². The van der Waals surface area contributed by atoms with Crippen molar-refractivity contribution in [3.8, 4) is 17.1 Å². The molecule has 0 spiro atoms. The lowest BCUT2D eigenvalue weighted by atomic mass is 10.1. The molecule has 0 aliphatic rings. The first-order chi connectivity index (χ1) is 15.9. The molecule has 0 radical (unpaired) electrons. The van der Waals surface area contributed by atoms with Crippen molar-refractivity contribution in [2.24, 2.45) is 0 Å². The number of benzene rings is 1. The summed E-state index contributed by atoms with van der Waals surface area (Å²) in [6.07, 6.45) is 3.81. The van der Waals surface area contributed by atoms with E-state index < -0.39 is 14.6 Å². The van der Waals surface area contributed by atoms with Gasteiger partial charge < -0.3 is 19.0 Å². The monoisotopic (exact) mass is 469 g/mol. The molecule has 0 unspecified atom stereocenters. The van der Waals surface area contributed by atoms with Gasteiger partial charge in [-0.15, -0.1) is 0 Å². The standard InChI is InChI=1S/C22H21N4O6P/c23-22-20(5-3-11-26(22)15-31-33(27,28)29)21-13-18(25-32-21)12-16-6-8-19(9-7-16)30-14-17-4-1-2-10-24-17/h1-11,13,23H,12,14-15H2,(H2,27,28,29)/p+1. The van der Waals surface area contributed by atoms with E-state index in [0.29, 0.717) is 30.0 Å². The molecule has 1 aromatic carbocycles. The Kier molecular flexibility index (Phi) is 6.81. The lowest BCUT2D eigenvalue weighted by Gasteiger charge is -2.07. The van der Waals surface area contributed by atoms with Crippen LogP contribution in [0.2, 0.25) is 0 Å². The average molecular weight is 469 g/mol. The number of ether oxygens (including phenoxy) is 1. The summed E-state index contributed by atoms with van der Waals surface area (Å²) in [6.45, 7) is -0.00969. The van der Waals surface area contributed by atoms with Gasteiger partial charge in [0.15, 0.2) is 5.76 Å². The molecule has 3 aromatic heterocycles. The molecular weight excluding hydrogens is 447 g/mol. The highest BCUT2D eigenvalue weighted by atomic mass is 31.2. The van der Waals surface area contributed by atoms with Gasteiger partial charge in [0, 0.05) is 18.7 Å². The molecule has 0 bridgehead atoms. The maximum absolute atomic E-state index is 10.9. The summed E-state index contributed by atoms with van der Waals surface area (Å²) in [6, 6.07) is 18.5. The number of rotatable bonds is 9. The van der Waals surface area contributed by atoms with Crippen molar-refractivity contribution < 1.29 is 32.7 Å². The Morgan fingerprint density at radius 2 is 1.88 bits per heavy atom. The van der Waals surface area contributed by atoms with Crippen LogP contribution in [-0.2, 0) is 28.8 Å². The highest BCUT2D eigenvalue weighted by molar-refractivity contribution is 7.46. The number of nitrogens with two attached hydrogens (primary N) is 1. The van der Waals surface area contributed by atoms with Gasteiger partial charge in [0.1, 0.15) is 17.9 Å². The molecule has 10 nitrogen and oxygen atoms in total. The Morgan fingerprint density at radius 1 is 1.06 bits per heavy atom. The van der Waals surface area contributed by atoms with E-state index in [-0.39, 0.29) is 5.82 Å². The van der Waals surface area contributed by atoms with E-state index in [2.05, 4.69) is 14.7 Å². The van der Waals surface area contributed by atoms with E-state index in [9.17, 15) is 4.57 Å². The molecule has 0 saturated heterocycles. The van der Waals surface area contributed by atoms with Gasteiger partial charge >= 0.3 is 7.82 Å². The number of phosphoric acid groups is 1. The number of phosphoric ester groups is 1. The lowest BCUT2D eigenvalue weighted by Crippen LogP contribution is -2.38. The third-order valence-electron chi connectivity index (χ3n) is 4.73. The highest BCUT2D eigenvalue weighted by Gasteiger charge is 2.20. The molecule has 0 saturated carbocycles. The Bertz CT molecular complexity index is 1260. The predicted octanol–water partition coefficient (Wildman–Crippen LogP) is 2.84. The summed E-state index contributed by atoms with van der Waals surface area (Å²) in [7, 11) is -4.62. The van der Waals surface area contributed by atoms with Crippen LogP contribution in [0.5, 0.6) is 5.75 Å². The molecular formula is C22H22N4O6P+. The Labute approximate surface area is 189 Å². The van der Waals surface area contributed by atoms with Crippen LogP contribution >= 0.6 is 7.82 Å². The van der Waals surface area contributed by atoms with Gasteiger partial charge in [-0.25, -0.2) is 13.7 Å². The fourth-order valence-corrected chi connectivity index (χ4v) is 3.37.